The zero-order valence-corrected chi connectivity index (χ0v) is 7.92. The van der Waals surface area contributed by atoms with Crippen molar-refractivity contribution in [1.29, 1.82) is 0 Å². The lowest BCUT2D eigenvalue weighted by Crippen LogP contribution is -2.25. The van der Waals surface area contributed by atoms with Crippen LogP contribution in [-0.4, -0.2) is 25.7 Å². The molecule has 1 saturated carbocycles. The molecule has 0 spiro atoms. The largest absolute Gasteiger partial charge is 0.465 e. The van der Waals surface area contributed by atoms with Crippen molar-refractivity contribution < 1.29 is 9.53 Å². The van der Waals surface area contributed by atoms with Crippen molar-refractivity contribution in [2.75, 3.05) is 19.7 Å². The first kappa shape index (κ1) is 10.3. The number of rotatable bonds is 7. The first-order chi connectivity index (χ1) is 6.33. The van der Waals surface area contributed by atoms with Gasteiger partial charge in [0.2, 0.25) is 0 Å². The summed E-state index contributed by atoms with van der Waals surface area (Å²) in [5.74, 6) is 0.663. The highest BCUT2D eigenvalue weighted by molar-refractivity contribution is 5.71. The molecule has 0 unspecified atom stereocenters. The minimum atomic E-state index is -0.164. The highest BCUT2D eigenvalue weighted by Gasteiger charge is 2.20. The fourth-order valence-corrected chi connectivity index (χ4v) is 1.07. The Labute approximate surface area is 79.2 Å². The Bertz CT molecular complexity index is 176. The Kier molecular flexibility index (Phi) is 4.54. The molecular weight excluding hydrogens is 166 g/mol. The standard InChI is InChI=1S/C10H17NO2/c1-2-6-11-8-10(12)13-7-5-9-3-4-9/h2,9,11H,1,3-8H2. The van der Waals surface area contributed by atoms with Gasteiger partial charge >= 0.3 is 5.97 Å². The molecule has 13 heavy (non-hydrogen) atoms. The number of ether oxygens (including phenoxy) is 1. The van der Waals surface area contributed by atoms with Crippen molar-refractivity contribution in [3.63, 3.8) is 0 Å². The summed E-state index contributed by atoms with van der Waals surface area (Å²) >= 11 is 0. The van der Waals surface area contributed by atoms with E-state index in [1.54, 1.807) is 6.08 Å². The number of carbonyl (C=O) groups is 1. The lowest BCUT2D eigenvalue weighted by atomic mass is 10.3. The van der Waals surface area contributed by atoms with E-state index >= 15 is 0 Å². The minimum Gasteiger partial charge on any atom is -0.465 e. The van der Waals surface area contributed by atoms with Gasteiger partial charge in [-0.15, -0.1) is 6.58 Å². The Morgan fingerprint density at radius 3 is 3.00 bits per heavy atom. The molecular formula is C10H17NO2. The Hall–Kier alpha value is -0.830. The van der Waals surface area contributed by atoms with Gasteiger partial charge < -0.3 is 10.1 Å². The van der Waals surface area contributed by atoms with Crippen molar-refractivity contribution in [1.82, 2.24) is 5.32 Å². The molecule has 1 rings (SSSR count). The van der Waals surface area contributed by atoms with Gasteiger partial charge in [0.25, 0.3) is 0 Å². The van der Waals surface area contributed by atoms with Gasteiger partial charge in [0.1, 0.15) is 0 Å². The van der Waals surface area contributed by atoms with E-state index in [0.717, 1.165) is 12.3 Å². The summed E-state index contributed by atoms with van der Waals surface area (Å²) < 4.78 is 5.00. The van der Waals surface area contributed by atoms with Crippen LogP contribution in [0, 0.1) is 5.92 Å². The van der Waals surface area contributed by atoms with Crippen LogP contribution in [0.2, 0.25) is 0 Å². The molecule has 1 aliphatic rings. The van der Waals surface area contributed by atoms with Crippen LogP contribution in [0.25, 0.3) is 0 Å². The van der Waals surface area contributed by atoms with E-state index in [4.69, 9.17) is 4.74 Å². The average molecular weight is 183 g/mol. The number of nitrogens with one attached hydrogen (secondary N) is 1. The Morgan fingerprint density at radius 1 is 1.62 bits per heavy atom. The maximum Gasteiger partial charge on any atom is 0.319 e. The molecule has 0 aliphatic heterocycles. The topological polar surface area (TPSA) is 38.3 Å². The summed E-state index contributed by atoms with van der Waals surface area (Å²) in [6.45, 7) is 5.06. The molecule has 0 amide bonds. The van der Waals surface area contributed by atoms with Crippen LogP contribution in [0.1, 0.15) is 19.3 Å². The van der Waals surface area contributed by atoms with Crippen molar-refractivity contribution in [3.05, 3.63) is 12.7 Å². The van der Waals surface area contributed by atoms with Crippen LogP contribution < -0.4 is 5.32 Å². The maximum atomic E-state index is 11.0. The van der Waals surface area contributed by atoms with Crippen molar-refractivity contribution in [2.45, 2.75) is 19.3 Å². The molecule has 1 aliphatic carbocycles. The highest BCUT2D eigenvalue weighted by Crippen LogP contribution is 2.31. The van der Waals surface area contributed by atoms with Gasteiger partial charge in [0.15, 0.2) is 0 Å². The number of hydrogen-bond acceptors (Lipinski definition) is 3. The third-order valence-electron chi connectivity index (χ3n) is 2.04. The third-order valence-corrected chi connectivity index (χ3v) is 2.04. The molecule has 0 bridgehead atoms. The Balaban J connectivity index is 1.87. The summed E-state index contributed by atoms with van der Waals surface area (Å²) in [7, 11) is 0. The van der Waals surface area contributed by atoms with E-state index in [1.807, 2.05) is 0 Å². The quantitative estimate of drug-likeness (QED) is 0.365. The monoisotopic (exact) mass is 183 g/mol. The second kappa shape index (κ2) is 5.75. The van der Waals surface area contributed by atoms with E-state index in [2.05, 4.69) is 11.9 Å². The maximum absolute atomic E-state index is 11.0. The third kappa shape index (κ3) is 5.42. The molecule has 1 N–H and O–H groups in total. The molecule has 0 aromatic heterocycles. The number of hydrogen-bond donors (Lipinski definition) is 1. The van der Waals surface area contributed by atoms with Crippen LogP contribution >= 0.6 is 0 Å². The summed E-state index contributed by atoms with van der Waals surface area (Å²) in [5, 5.41) is 2.90. The van der Waals surface area contributed by atoms with Gasteiger partial charge in [-0.2, -0.15) is 0 Å². The molecule has 74 valence electrons. The summed E-state index contributed by atoms with van der Waals surface area (Å²) in [4.78, 5) is 11.0. The second-order valence-electron chi connectivity index (χ2n) is 3.37. The zero-order chi connectivity index (χ0) is 9.52. The lowest BCUT2D eigenvalue weighted by molar-refractivity contribution is -0.142. The number of esters is 1. The van der Waals surface area contributed by atoms with Gasteiger partial charge in [-0.3, -0.25) is 4.79 Å². The zero-order valence-electron chi connectivity index (χ0n) is 7.92. The Morgan fingerprint density at radius 2 is 2.38 bits per heavy atom. The fraction of sp³-hybridized carbons (Fsp3) is 0.700. The molecule has 0 heterocycles. The second-order valence-corrected chi connectivity index (χ2v) is 3.37. The fourth-order valence-electron chi connectivity index (χ4n) is 1.07. The highest BCUT2D eigenvalue weighted by atomic mass is 16.5. The van der Waals surface area contributed by atoms with Crippen LogP contribution in [0.4, 0.5) is 0 Å². The van der Waals surface area contributed by atoms with Crippen molar-refractivity contribution in [2.24, 2.45) is 5.92 Å². The molecule has 1 fully saturated rings. The van der Waals surface area contributed by atoms with E-state index in [9.17, 15) is 4.79 Å². The van der Waals surface area contributed by atoms with Gasteiger partial charge in [-0.1, -0.05) is 18.9 Å². The first-order valence-electron chi connectivity index (χ1n) is 4.80. The van der Waals surface area contributed by atoms with E-state index in [-0.39, 0.29) is 12.5 Å². The molecule has 0 saturated heterocycles. The first-order valence-corrected chi connectivity index (χ1v) is 4.80. The number of carbonyl (C=O) groups excluding carboxylic acids is 1. The van der Waals surface area contributed by atoms with Crippen molar-refractivity contribution in [3.8, 4) is 0 Å². The van der Waals surface area contributed by atoms with Crippen LogP contribution in [0.3, 0.4) is 0 Å². The molecule has 0 aromatic rings. The molecule has 0 aromatic carbocycles. The predicted octanol–water partition coefficient (Wildman–Crippen LogP) is 1.11. The molecule has 3 nitrogen and oxygen atoms in total. The summed E-state index contributed by atoms with van der Waals surface area (Å²) in [5.41, 5.74) is 0. The minimum absolute atomic E-state index is 0.164. The van der Waals surface area contributed by atoms with Gasteiger partial charge in [0.05, 0.1) is 13.2 Å². The SMILES string of the molecule is C=CCNCC(=O)OCCC1CC1. The van der Waals surface area contributed by atoms with E-state index < -0.39 is 0 Å². The summed E-state index contributed by atoms with van der Waals surface area (Å²) in [6.07, 6.45) is 5.38. The molecule has 0 atom stereocenters. The van der Waals surface area contributed by atoms with Crippen molar-refractivity contribution >= 4 is 5.97 Å². The van der Waals surface area contributed by atoms with Gasteiger partial charge in [-0.25, -0.2) is 0 Å². The molecule has 0 radical (unpaired) electrons. The normalized spacial score (nSPS) is 15.4. The average Bonchev–Trinajstić information content (AvgIpc) is 2.89. The summed E-state index contributed by atoms with van der Waals surface area (Å²) in [6, 6.07) is 0. The van der Waals surface area contributed by atoms with Gasteiger partial charge in [0, 0.05) is 6.54 Å². The van der Waals surface area contributed by atoms with Gasteiger partial charge in [-0.05, 0) is 12.3 Å². The van der Waals surface area contributed by atoms with Crippen LogP contribution in [0.15, 0.2) is 12.7 Å². The lowest BCUT2D eigenvalue weighted by Gasteiger charge is -2.03. The smallest absolute Gasteiger partial charge is 0.319 e. The predicted molar refractivity (Wildman–Crippen MR) is 51.4 cm³/mol. The van der Waals surface area contributed by atoms with Crippen LogP contribution in [0.5, 0.6) is 0 Å². The molecule has 3 heteroatoms. The van der Waals surface area contributed by atoms with Crippen LogP contribution in [-0.2, 0) is 9.53 Å². The van der Waals surface area contributed by atoms with E-state index in [0.29, 0.717) is 13.2 Å². The van der Waals surface area contributed by atoms with E-state index in [1.165, 1.54) is 12.8 Å².